The van der Waals surface area contributed by atoms with Gasteiger partial charge in [0, 0.05) is 31.2 Å². The highest BCUT2D eigenvalue weighted by atomic mass is 19.1. The van der Waals surface area contributed by atoms with Crippen molar-refractivity contribution in [1.82, 2.24) is 15.4 Å². The van der Waals surface area contributed by atoms with E-state index in [1.807, 2.05) is 13.8 Å². The molecule has 0 aliphatic carbocycles. The molecular formula is C28H31FN4O4. The molecule has 0 radical (unpaired) electrons. The van der Waals surface area contributed by atoms with Crippen LogP contribution >= 0.6 is 0 Å². The molecule has 1 aliphatic rings. The van der Waals surface area contributed by atoms with E-state index in [0.29, 0.717) is 30.2 Å². The van der Waals surface area contributed by atoms with E-state index in [1.54, 1.807) is 48.2 Å². The molecule has 9 heteroatoms. The molecule has 2 aromatic rings. The van der Waals surface area contributed by atoms with E-state index in [1.165, 1.54) is 29.8 Å². The fourth-order valence-electron chi connectivity index (χ4n) is 3.94. The predicted octanol–water partition coefficient (Wildman–Crippen LogP) is 4.73. The van der Waals surface area contributed by atoms with Gasteiger partial charge in [-0.05, 0) is 81.2 Å². The number of amides is 2. The normalized spacial score (nSPS) is 16.2. The number of carbonyl (C=O) groups is 2. The zero-order valence-corrected chi connectivity index (χ0v) is 21.1. The number of carbonyl (C=O) groups excluding carboxylic acids is 2. The fraction of sp³-hybridized carbons (Fsp3) is 0.286. The van der Waals surface area contributed by atoms with Gasteiger partial charge in [0.25, 0.3) is 5.91 Å². The van der Waals surface area contributed by atoms with Crippen molar-refractivity contribution in [1.29, 1.82) is 0 Å². The van der Waals surface area contributed by atoms with Gasteiger partial charge in [-0.1, -0.05) is 23.4 Å². The number of aromatic nitrogens is 1. The van der Waals surface area contributed by atoms with Crippen LogP contribution in [0.2, 0.25) is 0 Å². The predicted molar refractivity (Wildman–Crippen MR) is 140 cm³/mol. The maximum atomic E-state index is 13.2. The zero-order valence-electron chi connectivity index (χ0n) is 21.1. The van der Waals surface area contributed by atoms with Crippen molar-refractivity contribution in [2.24, 2.45) is 11.1 Å². The lowest BCUT2D eigenvalue weighted by Gasteiger charge is -2.32. The number of pyridine rings is 1. The van der Waals surface area contributed by atoms with Crippen molar-refractivity contribution in [3.8, 4) is 0 Å². The maximum absolute atomic E-state index is 13.2. The molecule has 194 valence electrons. The molecule has 37 heavy (non-hydrogen) atoms. The number of piperidine rings is 1. The van der Waals surface area contributed by atoms with Gasteiger partial charge in [-0.2, -0.15) is 0 Å². The first kappa shape index (κ1) is 27.5. The summed E-state index contributed by atoms with van der Waals surface area (Å²) in [6, 6.07) is 11.3. The molecule has 2 amide bonds. The Morgan fingerprint density at radius 3 is 2.43 bits per heavy atom. The largest absolute Gasteiger partial charge is 0.361 e. The minimum absolute atomic E-state index is 0.00475. The van der Waals surface area contributed by atoms with E-state index in [9.17, 15) is 14.0 Å². The SMILES string of the molecule is CC(C)=C(O/N=C(\C)c1ccc(F)cc1)C1CCCN(C(=O)/C=C/c2cccc(/C=C/C(=O)NO)n2)C1. The molecule has 1 aliphatic heterocycles. The second kappa shape index (κ2) is 13.3. The minimum Gasteiger partial charge on any atom is -0.361 e. The molecule has 0 bridgehead atoms. The Hall–Kier alpha value is -4.11. The molecular weight excluding hydrogens is 475 g/mol. The number of allylic oxidation sites excluding steroid dienone is 1. The lowest BCUT2D eigenvalue weighted by Crippen LogP contribution is -2.40. The highest BCUT2D eigenvalue weighted by Crippen LogP contribution is 2.27. The van der Waals surface area contributed by atoms with E-state index in [4.69, 9.17) is 10.0 Å². The summed E-state index contributed by atoms with van der Waals surface area (Å²) in [7, 11) is 0. The summed E-state index contributed by atoms with van der Waals surface area (Å²) in [5, 5.41) is 12.8. The molecule has 2 heterocycles. The van der Waals surface area contributed by atoms with Gasteiger partial charge in [-0.25, -0.2) is 14.9 Å². The van der Waals surface area contributed by atoms with E-state index in [2.05, 4.69) is 10.1 Å². The molecule has 0 saturated carbocycles. The summed E-state index contributed by atoms with van der Waals surface area (Å²) in [6.45, 7) is 6.85. The van der Waals surface area contributed by atoms with Crippen molar-refractivity contribution >= 4 is 29.7 Å². The first-order chi connectivity index (χ1) is 17.8. The van der Waals surface area contributed by atoms with Crippen LogP contribution in [0.3, 0.4) is 0 Å². The van der Waals surface area contributed by atoms with Gasteiger partial charge in [0.15, 0.2) is 0 Å². The summed E-state index contributed by atoms with van der Waals surface area (Å²) in [5.74, 6) is -0.364. The average molecular weight is 507 g/mol. The van der Waals surface area contributed by atoms with Crippen LogP contribution in [0.5, 0.6) is 0 Å². The molecule has 1 fully saturated rings. The number of benzene rings is 1. The first-order valence-electron chi connectivity index (χ1n) is 12.0. The monoisotopic (exact) mass is 506 g/mol. The summed E-state index contributed by atoms with van der Waals surface area (Å²) < 4.78 is 13.2. The summed E-state index contributed by atoms with van der Waals surface area (Å²) in [6.07, 6.45) is 7.43. The third kappa shape index (κ3) is 8.22. The molecule has 1 saturated heterocycles. The highest BCUT2D eigenvalue weighted by Gasteiger charge is 2.27. The number of halogens is 1. The van der Waals surface area contributed by atoms with Crippen LogP contribution in [0.4, 0.5) is 4.39 Å². The highest BCUT2D eigenvalue weighted by molar-refractivity contribution is 5.98. The smallest absolute Gasteiger partial charge is 0.267 e. The number of nitrogens with zero attached hydrogens (tertiary/aromatic N) is 3. The third-order valence-electron chi connectivity index (χ3n) is 5.84. The minimum atomic E-state index is -0.659. The van der Waals surface area contributed by atoms with E-state index >= 15 is 0 Å². The van der Waals surface area contributed by atoms with E-state index < -0.39 is 5.91 Å². The Balaban J connectivity index is 1.65. The van der Waals surface area contributed by atoms with Crippen LogP contribution in [-0.2, 0) is 14.4 Å². The number of rotatable bonds is 8. The van der Waals surface area contributed by atoms with Gasteiger partial charge in [-0.3, -0.25) is 14.8 Å². The number of hydrogen-bond donors (Lipinski definition) is 2. The van der Waals surface area contributed by atoms with E-state index in [-0.39, 0.29) is 17.6 Å². The Morgan fingerprint density at radius 2 is 1.78 bits per heavy atom. The van der Waals surface area contributed by atoms with Crippen molar-refractivity contribution in [2.75, 3.05) is 13.1 Å². The second-order valence-corrected chi connectivity index (χ2v) is 8.89. The fourth-order valence-corrected chi connectivity index (χ4v) is 3.94. The van der Waals surface area contributed by atoms with Crippen LogP contribution in [0.15, 0.2) is 71.1 Å². The summed E-state index contributed by atoms with van der Waals surface area (Å²) >= 11 is 0. The van der Waals surface area contributed by atoms with Gasteiger partial charge < -0.3 is 9.74 Å². The Morgan fingerprint density at radius 1 is 1.11 bits per heavy atom. The standard InChI is InChI=1S/C28H31FN4O4/c1-19(2)28(37-32-20(3)21-9-11-23(29)12-10-21)22-6-5-17-33(18-22)27(35)16-14-25-8-4-7-24(30-25)13-15-26(34)31-36/h4,7-16,22,36H,5-6,17-18H2,1-3H3,(H,31,34)/b15-13+,16-14+,32-20+. The van der Waals surface area contributed by atoms with Gasteiger partial charge in [0.05, 0.1) is 17.1 Å². The van der Waals surface area contributed by atoms with Crippen LogP contribution in [0.25, 0.3) is 12.2 Å². The van der Waals surface area contributed by atoms with Gasteiger partial charge in [0.2, 0.25) is 5.91 Å². The molecule has 2 N–H and O–H groups in total. The summed E-state index contributed by atoms with van der Waals surface area (Å²) in [5.41, 5.74) is 4.97. The zero-order chi connectivity index (χ0) is 26.8. The number of oxime groups is 1. The molecule has 8 nitrogen and oxygen atoms in total. The van der Waals surface area contributed by atoms with Crippen molar-refractivity contribution in [3.05, 3.63) is 88.7 Å². The van der Waals surface area contributed by atoms with Crippen molar-refractivity contribution in [3.63, 3.8) is 0 Å². The van der Waals surface area contributed by atoms with Crippen molar-refractivity contribution < 1.29 is 24.0 Å². The lowest BCUT2D eigenvalue weighted by molar-refractivity contribution is -0.127. The lowest BCUT2D eigenvalue weighted by atomic mass is 9.94. The molecule has 1 aromatic carbocycles. The van der Waals surface area contributed by atoms with E-state index in [0.717, 1.165) is 35.8 Å². The Bertz CT molecular complexity index is 1230. The van der Waals surface area contributed by atoms with Gasteiger partial charge >= 0.3 is 0 Å². The van der Waals surface area contributed by atoms with Crippen LogP contribution in [-0.4, -0.2) is 45.7 Å². The maximum Gasteiger partial charge on any atom is 0.267 e. The van der Waals surface area contributed by atoms with Crippen LogP contribution in [0.1, 0.15) is 50.6 Å². The average Bonchev–Trinajstić information content (AvgIpc) is 2.91. The van der Waals surface area contributed by atoms with Crippen molar-refractivity contribution in [2.45, 2.75) is 33.6 Å². The number of nitrogens with one attached hydrogen (secondary N) is 1. The number of hydrogen-bond acceptors (Lipinski definition) is 6. The number of likely N-dealkylation sites (tertiary alicyclic amines) is 1. The number of hydroxylamine groups is 1. The first-order valence-corrected chi connectivity index (χ1v) is 12.0. The van der Waals surface area contributed by atoms with Gasteiger partial charge in [-0.15, -0.1) is 0 Å². The van der Waals surface area contributed by atoms with Crippen LogP contribution in [0, 0.1) is 11.7 Å². The molecule has 3 rings (SSSR count). The molecule has 1 unspecified atom stereocenters. The Kier molecular flexibility index (Phi) is 9.85. The molecule has 1 aromatic heterocycles. The molecule has 1 atom stereocenters. The molecule has 0 spiro atoms. The quantitative estimate of drug-likeness (QED) is 0.177. The van der Waals surface area contributed by atoms with Crippen LogP contribution < -0.4 is 5.48 Å². The Labute approximate surface area is 215 Å². The topological polar surface area (TPSA) is 104 Å². The third-order valence-corrected chi connectivity index (χ3v) is 5.84. The second-order valence-electron chi connectivity index (χ2n) is 8.89. The summed E-state index contributed by atoms with van der Waals surface area (Å²) in [4.78, 5) is 36.1. The van der Waals surface area contributed by atoms with Gasteiger partial charge in [0.1, 0.15) is 11.6 Å².